The lowest BCUT2D eigenvalue weighted by atomic mass is 10.3. The molecule has 0 aromatic carbocycles. The highest BCUT2D eigenvalue weighted by Crippen LogP contribution is 1.98. The van der Waals surface area contributed by atoms with Crippen LogP contribution in [0.4, 0.5) is 0 Å². The summed E-state index contributed by atoms with van der Waals surface area (Å²) in [6, 6.07) is 3.77. The van der Waals surface area contributed by atoms with Crippen molar-refractivity contribution in [2.45, 2.75) is 6.54 Å². The predicted molar refractivity (Wildman–Crippen MR) is 76.4 cm³/mol. The Morgan fingerprint density at radius 2 is 2.45 bits per heavy atom. The maximum absolute atomic E-state index is 11.2. The lowest BCUT2D eigenvalue weighted by Crippen LogP contribution is -2.50. The molecule has 1 saturated heterocycles. The van der Waals surface area contributed by atoms with Crippen LogP contribution in [0.1, 0.15) is 5.76 Å². The van der Waals surface area contributed by atoms with Crippen LogP contribution in [0.25, 0.3) is 0 Å². The van der Waals surface area contributed by atoms with E-state index < -0.39 is 0 Å². The number of nitrogens with zero attached hydrogens (tertiary/aromatic N) is 2. The molecule has 1 fully saturated rings. The third-order valence-corrected chi connectivity index (χ3v) is 3.07. The first-order chi connectivity index (χ1) is 9.78. The number of rotatable bonds is 5. The normalized spacial score (nSPS) is 16.9. The van der Waals surface area contributed by atoms with Gasteiger partial charge in [-0.1, -0.05) is 0 Å². The molecule has 1 aliphatic heterocycles. The molecule has 3 N–H and O–H groups in total. The summed E-state index contributed by atoms with van der Waals surface area (Å²) < 4.78 is 5.24. The molecule has 2 heterocycles. The van der Waals surface area contributed by atoms with E-state index in [2.05, 4.69) is 25.8 Å². The van der Waals surface area contributed by atoms with Gasteiger partial charge >= 0.3 is 0 Å². The number of aliphatic imine (C=N–C) groups is 1. The fourth-order valence-corrected chi connectivity index (χ4v) is 2.02. The van der Waals surface area contributed by atoms with E-state index >= 15 is 0 Å². The van der Waals surface area contributed by atoms with Gasteiger partial charge in [-0.3, -0.25) is 14.7 Å². The van der Waals surface area contributed by atoms with Crippen LogP contribution in [0.2, 0.25) is 0 Å². The third kappa shape index (κ3) is 4.58. The van der Waals surface area contributed by atoms with E-state index in [1.165, 1.54) is 0 Å². The molecule has 0 aliphatic carbocycles. The molecule has 1 aliphatic rings. The van der Waals surface area contributed by atoms with Crippen LogP contribution in [0.15, 0.2) is 27.8 Å². The van der Waals surface area contributed by atoms with Crippen LogP contribution in [-0.2, 0) is 11.3 Å². The number of amides is 1. The Morgan fingerprint density at radius 3 is 3.15 bits per heavy atom. The molecule has 2 rings (SSSR count). The van der Waals surface area contributed by atoms with Crippen molar-refractivity contribution < 1.29 is 9.21 Å². The lowest BCUT2D eigenvalue weighted by Gasteiger charge is -2.26. The Kier molecular flexibility index (Phi) is 5.43. The highest BCUT2D eigenvalue weighted by atomic mass is 16.3. The Labute approximate surface area is 118 Å². The van der Waals surface area contributed by atoms with E-state index in [0.29, 0.717) is 13.1 Å². The highest BCUT2D eigenvalue weighted by molar-refractivity contribution is 5.79. The Morgan fingerprint density at radius 1 is 1.55 bits per heavy atom. The Hall–Kier alpha value is -2.02. The van der Waals surface area contributed by atoms with Gasteiger partial charge in [0.1, 0.15) is 5.76 Å². The van der Waals surface area contributed by atoms with Gasteiger partial charge in [-0.25, -0.2) is 0 Å². The topological polar surface area (TPSA) is 81.9 Å². The number of nitrogens with one attached hydrogen (secondary N) is 3. The van der Waals surface area contributed by atoms with E-state index in [1.54, 1.807) is 13.3 Å². The van der Waals surface area contributed by atoms with Crippen molar-refractivity contribution in [3.05, 3.63) is 24.2 Å². The second kappa shape index (κ2) is 7.54. The number of piperazine rings is 1. The summed E-state index contributed by atoms with van der Waals surface area (Å²) in [5, 5.41) is 9.19. The van der Waals surface area contributed by atoms with Crippen LogP contribution in [0, 0.1) is 0 Å². The van der Waals surface area contributed by atoms with Crippen molar-refractivity contribution in [1.82, 2.24) is 20.9 Å². The van der Waals surface area contributed by atoms with Crippen LogP contribution < -0.4 is 16.0 Å². The standard InChI is InChI=1S/C13H21N5O2/c1-14-13(17-9-11-3-2-8-20-11)16-5-7-18-6-4-15-12(19)10-18/h2-3,8H,4-7,9-10H2,1H3,(H,15,19)(H2,14,16,17). The van der Waals surface area contributed by atoms with Gasteiger partial charge in [0.05, 0.1) is 19.4 Å². The molecular weight excluding hydrogens is 258 g/mol. The molecule has 0 bridgehead atoms. The summed E-state index contributed by atoms with van der Waals surface area (Å²) in [6.45, 7) is 4.25. The van der Waals surface area contributed by atoms with Gasteiger partial charge in [0.2, 0.25) is 5.91 Å². The molecule has 0 atom stereocenters. The number of hydrogen-bond donors (Lipinski definition) is 3. The van der Waals surface area contributed by atoms with Crippen LogP contribution >= 0.6 is 0 Å². The van der Waals surface area contributed by atoms with Crippen LogP contribution in [0.5, 0.6) is 0 Å². The fraction of sp³-hybridized carbons (Fsp3) is 0.538. The van der Waals surface area contributed by atoms with Crippen molar-refractivity contribution in [2.24, 2.45) is 4.99 Å². The second-order valence-corrected chi connectivity index (χ2v) is 4.56. The monoisotopic (exact) mass is 279 g/mol. The smallest absolute Gasteiger partial charge is 0.234 e. The molecule has 110 valence electrons. The highest BCUT2D eigenvalue weighted by Gasteiger charge is 2.15. The van der Waals surface area contributed by atoms with Crippen LogP contribution in [-0.4, -0.2) is 56.5 Å². The number of furan rings is 1. The fourth-order valence-electron chi connectivity index (χ4n) is 2.02. The molecule has 0 unspecified atom stereocenters. The zero-order chi connectivity index (χ0) is 14.2. The molecule has 1 amide bonds. The SMILES string of the molecule is CN=C(NCCN1CCNC(=O)C1)NCc1ccco1. The average Bonchev–Trinajstić information content (AvgIpc) is 2.96. The zero-order valence-corrected chi connectivity index (χ0v) is 11.7. The van der Waals surface area contributed by atoms with Gasteiger partial charge < -0.3 is 20.4 Å². The lowest BCUT2D eigenvalue weighted by molar-refractivity contribution is -0.124. The number of carbonyl (C=O) groups is 1. The molecule has 0 radical (unpaired) electrons. The molecule has 0 saturated carbocycles. The maximum Gasteiger partial charge on any atom is 0.234 e. The quantitative estimate of drug-likeness (QED) is 0.494. The number of carbonyl (C=O) groups excluding carboxylic acids is 1. The summed E-state index contributed by atoms with van der Waals surface area (Å²) in [7, 11) is 1.73. The minimum Gasteiger partial charge on any atom is -0.467 e. The van der Waals surface area contributed by atoms with Crippen molar-refractivity contribution in [3.8, 4) is 0 Å². The molecule has 1 aromatic heterocycles. The minimum absolute atomic E-state index is 0.0941. The van der Waals surface area contributed by atoms with Crippen molar-refractivity contribution >= 4 is 11.9 Å². The average molecular weight is 279 g/mol. The van der Waals surface area contributed by atoms with Gasteiger partial charge in [0, 0.05) is 33.2 Å². The summed E-state index contributed by atoms with van der Waals surface area (Å²) in [4.78, 5) is 17.5. The molecule has 0 spiro atoms. The Balaban J connectivity index is 1.65. The van der Waals surface area contributed by atoms with E-state index in [4.69, 9.17) is 4.42 Å². The largest absolute Gasteiger partial charge is 0.467 e. The Bertz CT molecular complexity index is 444. The summed E-state index contributed by atoms with van der Waals surface area (Å²) in [5.41, 5.74) is 0. The zero-order valence-electron chi connectivity index (χ0n) is 11.7. The predicted octanol–water partition coefficient (Wildman–Crippen LogP) is -0.624. The van der Waals surface area contributed by atoms with Gasteiger partial charge in [0.15, 0.2) is 5.96 Å². The van der Waals surface area contributed by atoms with Gasteiger partial charge in [-0.15, -0.1) is 0 Å². The molecule has 1 aromatic rings. The van der Waals surface area contributed by atoms with E-state index in [1.807, 2.05) is 12.1 Å². The van der Waals surface area contributed by atoms with Crippen LogP contribution in [0.3, 0.4) is 0 Å². The third-order valence-electron chi connectivity index (χ3n) is 3.07. The van der Waals surface area contributed by atoms with Gasteiger partial charge in [0.25, 0.3) is 0 Å². The molecule has 7 heteroatoms. The van der Waals surface area contributed by atoms with E-state index in [9.17, 15) is 4.79 Å². The van der Waals surface area contributed by atoms with Crippen molar-refractivity contribution in [1.29, 1.82) is 0 Å². The van der Waals surface area contributed by atoms with Crippen molar-refractivity contribution in [2.75, 3.05) is 39.8 Å². The molecular formula is C13H21N5O2. The summed E-state index contributed by atoms with van der Waals surface area (Å²) >= 11 is 0. The maximum atomic E-state index is 11.2. The molecule has 7 nitrogen and oxygen atoms in total. The molecule has 20 heavy (non-hydrogen) atoms. The van der Waals surface area contributed by atoms with E-state index in [0.717, 1.165) is 37.9 Å². The number of hydrogen-bond acceptors (Lipinski definition) is 4. The minimum atomic E-state index is 0.0941. The summed E-state index contributed by atoms with van der Waals surface area (Å²) in [6.07, 6.45) is 1.65. The second-order valence-electron chi connectivity index (χ2n) is 4.56. The van der Waals surface area contributed by atoms with Gasteiger partial charge in [-0.05, 0) is 12.1 Å². The first kappa shape index (κ1) is 14.4. The number of guanidine groups is 1. The van der Waals surface area contributed by atoms with E-state index in [-0.39, 0.29) is 5.91 Å². The van der Waals surface area contributed by atoms with Gasteiger partial charge in [-0.2, -0.15) is 0 Å². The summed E-state index contributed by atoms with van der Waals surface area (Å²) in [5.74, 6) is 1.68. The van der Waals surface area contributed by atoms with Crippen molar-refractivity contribution in [3.63, 3.8) is 0 Å². The first-order valence-corrected chi connectivity index (χ1v) is 6.74. The first-order valence-electron chi connectivity index (χ1n) is 6.74.